The highest BCUT2D eigenvalue weighted by atomic mass is 32.1. The van der Waals surface area contributed by atoms with Crippen LogP contribution in [0.1, 0.15) is 4.88 Å². The van der Waals surface area contributed by atoms with Crippen molar-refractivity contribution in [3.05, 3.63) is 34.5 Å². The van der Waals surface area contributed by atoms with Crippen LogP contribution >= 0.6 is 11.3 Å². The summed E-state index contributed by atoms with van der Waals surface area (Å²) in [5, 5.41) is 4.50. The number of amides is 1. The lowest BCUT2D eigenvalue weighted by Gasteiger charge is -2.14. The molecule has 7 nitrogen and oxygen atoms in total. The van der Waals surface area contributed by atoms with Gasteiger partial charge in [0.05, 0.1) is 27.8 Å². The molecule has 0 atom stereocenters. The minimum Gasteiger partial charge on any atom is -0.493 e. The number of ether oxygens (including phenoxy) is 4. The summed E-state index contributed by atoms with van der Waals surface area (Å²) in [6.45, 7) is -0.374. The zero-order valence-corrected chi connectivity index (χ0v) is 15.0. The zero-order chi connectivity index (χ0) is 18.2. The molecule has 2 aromatic rings. The van der Waals surface area contributed by atoms with E-state index in [4.69, 9.17) is 18.9 Å². The Kier molecular flexibility index (Phi) is 6.64. The quantitative estimate of drug-likeness (QED) is 0.724. The van der Waals surface area contributed by atoms with Crippen LogP contribution in [0.3, 0.4) is 0 Å². The van der Waals surface area contributed by atoms with Crippen LogP contribution in [0.5, 0.6) is 17.2 Å². The van der Waals surface area contributed by atoms with E-state index in [1.54, 1.807) is 12.1 Å². The second-order valence-electron chi connectivity index (χ2n) is 4.88. The number of hydrogen-bond acceptors (Lipinski definition) is 7. The maximum Gasteiger partial charge on any atom is 0.311 e. The Morgan fingerprint density at radius 3 is 2.28 bits per heavy atom. The Balaban J connectivity index is 1.94. The third kappa shape index (κ3) is 5.12. The average Bonchev–Trinajstić information content (AvgIpc) is 3.11. The van der Waals surface area contributed by atoms with Crippen molar-refractivity contribution in [2.45, 2.75) is 6.42 Å². The van der Waals surface area contributed by atoms with Gasteiger partial charge in [0.25, 0.3) is 5.91 Å². The predicted molar refractivity (Wildman–Crippen MR) is 93.7 cm³/mol. The van der Waals surface area contributed by atoms with Gasteiger partial charge in [0.2, 0.25) is 5.75 Å². The molecule has 1 amide bonds. The van der Waals surface area contributed by atoms with Gasteiger partial charge < -0.3 is 24.3 Å². The number of benzene rings is 1. The summed E-state index contributed by atoms with van der Waals surface area (Å²) in [5.41, 5.74) is 0.439. The van der Waals surface area contributed by atoms with Crippen molar-refractivity contribution in [2.75, 3.05) is 33.3 Å². The lowest BCUT2D eigenvalue weighted by molar-refractivity contribution is -0.146. The first-order chi connectivity index (χ1) is 12.1. The van der Waals surface area contributed by atoms with Gasteiger partial charge in [-0.1, -0.05) is 6.07 Å². The third-order valence-electron chi connectivity index (χ3n) is 3.21. The first-order valence-electron chi connectivity index (χ1n) is 7.35. The topological polar surface area (TPSA) is 83.1 Å². The van der Waals surface area contributed by atoms with Crippen molar-refractivity contribution in [1.82, 2.24) is 0 Å². The van der Waals surface area contributed by atoms with Crippen LogP contribution in [-0.2, 0) is 20.7 Å². The van der Waals surface area contributed by atoms with Crippen molar-refractivity contribution in [1.29, 1.82) is 0 Å². The molecule has 0 aliphatic heterocycles. The molecule has 1 heterocycles. The molecule has 0 aliphatic rings. The number of thiophene rings is 1. The highest BCUT2D eigenvalue weighted by Crippen LogP contribution is 2.39. The Labute approximate surface area is 149 Å². The van der Waals surface area contributed by atoms with Crippen molar-refractivity contribution in [3.63, 3.8) is 0 Å². The molecule has 1 N–H and O–H groups in total. The van der Waals surface area contributed by atoms with Crippen LogP contribution in [0.2, 0.25) is 0 Å². The number of carbonyl (C=O) groups excluding carboxylic acids is 2. The smallest absolute Gasteiger partial charge is 0.311 e. The Hall–Kier alpha value is -2.74. The van der Waals surface area contributed by atoms with E-state index in [0.29, 0.717) is 22.9 Å². The minimum atomic E-state index is -0.464. The number of carbonyl (C=O) groups is 2. The number of rotatable bonds is 8. The first kappa shape index (κ1) is 18.6. The minimum absolute atomic E-state index is 0.148. The summed E-state index contributed by atoms with van der Waals surface area (Å²) in [6, 6.07) is 6.87. The molecule has 0 spiro atoms. The van der Waals surface area contributed by atoms with E-state index in [0.717, 1.165) is 4.88 Å². The van der Waals surface area contributed by atoms with Crippen LogP contribution in [0.15, 0.2) is 29.6 Å². The van der Waals surface area contributed by atoms with Gasteiger partial charge in [-0.15, -0.1) is 11.3 Å². The predicted octanol–water partition coefficient (Wildman–Crippen LogP) is 2.50. The van der Waals surface area contributed by atoms with E-state index in [9.17, 15) is 9.59 Å². The molecular formula is C17H19NO6S. The van der Waals surface area contributed by atoms with Gasteiger partial charge in [0.1, 0.15) is 0 Å². The number of nitrogens with one attached hydrogen (secondary N) is 1. The highest BCUT2D eigenvalue weighted by Gasteiger charge is 2.15. The molecule has 25 heavy (non-hydrogen) atoms. The number of hydrogen-bond donors (Lipinski definition) is 1. The maximum absolute atomic E-state index is 12.0. The van der Waals surface area contributed by atoms with E-state index in [-0.39, 0.29) is 13.0 Å². The van der Waals surface area contributed by atoms with Crippen LogP contribution in [-0.4, -0.2) is 39.8 Å². The van der Waals surface area contributed by atoms with Crippen molar-refractivity contribution in [3.8, 4) is 17.2 Å². The zero-order valence-electron chi connectivity index (χ0n) is 14.2. The molecule has 0 fully saturated rings. The SMILES string of the molecule is COc1cc(NC(=O)COC(=O)Cc2cccs2)cc(OC)c1OC. The van der Waals surface area contributed by atoms with Crippen LogP contribution in [0.25, 0.3) is 0 Å². The molecule has 1 aromatic heterocycles. The van der Waals surface area contributed by atoms with E-state index in [1.165, 1.54) is 32.7 Å². The lowest BCUT2D eigenvalue weighted by atomic mass is 10.2. The molecule has 8 heteroatoms. The van der Waals surface area contributed by atoms with Gasteiger partial charge in [0.15, 0.2) is 18.1 Å². The Morgan fingerprint density at radius 1 is 1.08 bits per heavy atom. The molecular weight excluding hydrogens is 346 g/mol. The number of esters is 1. The molecule has 2 rings (SSSR count). The fourth-order valence-corrected chi connectivity index (χ4v) is 2.79. The van der Waals surface area contributed by atoms with E-state index in [2.05, 4.69) is 5.32 Å². The third-order valence-corrected chi connectivity index (χ3v) is 4.09. The fourth-order valence-electron chi connectivity index (χ4n) is 2.10. The van der Waals surface area contributed by atoms with Crippen LogP contribution in [0, 0.1) is 0 Å². The Morgan fingerprint density at radius 2 is 1.76 bits per heavy atom. The summed E-state index contributed by atoms with van der Waals surface area (Å²) in [7, 11) is 4.45. The van der Waals surface area contributed by atoms with Crippen molar-refractivity contribution < 1.29 is 28.5 Å². The molecule has 0 saturated heterocycles. The number of anilines is 1. The van der Waals surface area contributed by atoms with E-state index >= 15 is 0 Å². The molecule has 0 aliphatic carbocycles. The Bertz CT molecular complexity index is 704. The van der Waals surface area contributed by atoms with Crippen molar-refractivity contribution >= 4 is 28.9 Å². The summed E-state index contributed by atoms with van der Waals surface area (Å²) >= 11 is 1.46. The fraction of sp³-hybridized carbons (Fsp3) is 0.294. The monoisotopic (exact) mass is 365 g/mol. The highest BCUT2D eigenvalue weighted by molar-refractivity contribution is 7.10. The molecule has 0 unspecified atom stereocenters. The molecule has 134 valence electrons. The normalized spacial score (nSPS) is 10.0. The van der Waals surface area contributed by atoms with Gasteiger partial charge in [-0.05, 0) is 11.4 Å². The summed E-state index contributed by atoms with van der Waals surface area (Å²) in [4.78, 5) is 24.6. The summed E-state index contributed by atoms with van der Waals surface area (Å²) in [5.74, 6) is 0.320. The van der Waals surface area contributed by atoms with Crippen LogP contribution < -0.4 is 19.5 Å². The molecule has 1 aromatic carbocycles. The first-order valence-corrected chi connectivity index (χ1v) is 8.23. The lowest BCUT2D eigenvalue weighted by Crippen LogP contribution is -2.21. The van der Waals surface area contributed by atoms with E-state index in [1.807, 2.05) is 17.5 Å². The van der Waals surface area contributed by atoms with Gasteiger partial charge >= 0.3 is 5.97 Å². The maximum atomic E-state index is 12.0. The van der Waals surface area contributed by atoms with Crippen LogP contribution in [0.4, 0.5) is 5.69 Å². The van der Waals surface area contributed by atoms with Gasteiger partial charge in [-0.3, -0.25) is 9.59 Å². The van der Waals surface area contributed by atoms with Gasteiger partial charge in [-0.25, -0.2) is 0 Å². The average molecular weight is 365 g/mol. The standard InChI is InChI=1S/C17H19NO6S/c1-21-13-7-11(8-14(22-2)17(13)23-3)18-15(19)10-24-16(20)9-12-5-4-6-25-12/h4-8H,9-10H2,1-3H3,(H,18,19). The summed E-state index contributed by atoms with van der Waals surface area (Å²) < 4.78 is 20.6. The van der Waals surface area contributed by atoms with Gasteiger partial charge in [0, 0.05) is 22.7 Å². The molecule has 0 saturated carbocycles. The van der Waals surface area contributed by atoms with E-state index < -0.39 is 11.9 Å². The number of methoxy groups -OCH3 is 3. The second kappa shape index (κ2) is 8.93. The largest absolute Gasteiger partial charge is 0.493 e. The second-order valence-corrected chi connectivity index (χ2v) is 5.91. The summed E-state index contributed by atoms with van der Waals surface area (Å²) in [6.07, 6.45) is 0.148. The molecule has 0 radical (unpaired) electrons. The van der Waals surface area contributed by atoms with Crippen molar-refractivity contribution in [2.24, 2.45) is 0 Å². The van der Waals surface area contributed by atoms with Gasteiger partial charge in [-0.2, -0.15) is 0 Å². The molecule has 0 bridgehead atoms.